The minimum Gasteiger partial charge on any atom is -0.396 e. The maximum absolute atomic E-state index is 12.1. The Hall–Kier alpha value is -1.56. The Morgan fingerprint density at radius 2 is 2.29 bits per heavy atom. The van der Waals surface area contributed by atoms with Crippen molar-refractivity contribution in [2.24, 2.45) is 5.41 Å². The van der Waals surface area contributed by atoms with Crippen molar-refractivity contribution in [3.05, 3.63) is 18.0 Å². The fourth-order valence-electron chi connectivity index (χ4n) is 2.55. The largest absolute Gasteiger partial charge is 0.396 e. The van der Waals surface area contributed by atoms with E-state index in [0.717, 1.165) is 24.8 Å². The molecule has 1 aliphatic rings. The van der Waals surface area contributed by atoms with E-state index in [0.29, 0.717) is 19.1 Å². The molecule has 6 heteroatoms. The van der Waals surface area contributed by atoms with Gasteiger partial charge in [-0.2, -0.15) is 5.10 Å². The van der Waals surface area contributed by atoms with Gasteiger partial charge < -0.3 is 15.3 Å². The van der Waals surface area contributed by atoms with E-state index in [9.17, 15) is 9.90 Å². The smallest absolute Gasteiger partial charge is 0.317 e. The van der Waals surface area contributed by atoms with Crippen LogP contribution >= 0.6 is 0 Å². The van der Waals surface area contributed by atoms with Crippen LogP contribution in [0, 0.1) is 5.41 Å². The van der Waals surface area contributed by atoms with E-state index >= 15 is 0 Å². The molecule has 0 spiro atoms. The second kappa shape index (κ2) is 6.47. The zero-order chi connectivity index (χ0) is 15.5. The Morgan fingerprint density at radius 1 is 1.57 bits per heavy atom. The van der Waals surface area contributed by atoms with Gasteiger partial charge in [0.15, 0.2) is 0 Å². The van der Waals surface area contributed by atoms with Gasteiger partial charge in [0.25, 0.3) is 0 Å². The molecule has 21 heavy (non-hydrogen) atoms. The van der Waals surface area contributed by atoms with Gasteiger partial charge in [-0.05, 0) is 26.7 Å². The SMILES string of the molecule is CC(C)n1cc(CN(C)C(=O)NCC2(CO)CCC2)cn1. The Kier molecular flexibility index (Phi) is 4.88. The lowest BCUT2D eigenvalue weighted by Crippen LogP contribution is -2.47. The standard InChI is InChI=1S/C15H26N4O2/c1-12(2)19-9-13(7-17-19)8-18(3)14(21)16-10-15(11-20)5-4-6-15/h7,9,12,20H,4-6,8,10-11H2,1-3H3,(H,16,21). The molecule has 1 aliphatic carbocycles. The first-order valence-electron chi connectivity index (χ1n) is 7.59. The van der Waals surface area contributed by atoms with Crippen molar-refractivity contribution in [3.63, 3.8) is 0 Å². The molecule has 0 aliphatic heterocycles. The van der Waals surface area contributed by atoms with Crippen LogP contribution in [-0.4, -0.2) is 46.0 Å². The number of aliphatic hydroxyl groups is 1. The van der Waals surface area contributed by atoms with Crippen LogP contribution in [0.5, 0.6) is 0 Å². The first-order valence-corrected chi connectivity index (χ1v) is 7.59. The summed E-state index contributed by atoms with van der Waals surface area (Å²) in [6.45, 7) is 5.38. The van der Waals surface area contributed by atoms with E-state index < -0.39 is 0 Å². The highest BCUT2D eigenvalue weighted by atomic mass is 16.3. The van der Waals surface area contributed by atoms with Crippen molar-refractivity contribution >= 4 is 6.03 Å². The first kappa shape index (κ1) is 15.8. The van der Waals surface area contributed by atoms with Crippen LogP contribution in [0.25, 0.3) is 0 Å². The molecule has 6 nitrogen and oxygen atoms in total. The van der Waals surface area contributed by atoms with Crippen LogP contribution in [0.4, 0.5) is 4.79 Å². The summed E-state index contributed by atoms with van der Waals surface area (Å²) in [4.78, 5) is 13.7. The number of hydrogen-bond acceptors (Lipinski definition) is 3. The fourth-order valence-corrected chi connectivity index (χ4v) is 2.55. The van der Waals surface area contributed by atoms with Gasteiger partial charge in [0.1, 0.15) is 0 Å². The van der Waals surface area contributed by atoms with Crippen molar-refractivity contribution < 1.29 is 9.90 Å². The Labute approximate surface area is 126 Å². The van der Waals surface area contributed by atoms with Crippen molar-refractivity contribution in [1.29, 1.82) is 0 Å². The predicted octanol–water partition coefficient (Wildman–Crippen LogP) is 1.77. The number of aliphatic hydroxyl groups excluding tert-OH is 1. The van der Waals surface area contributed by atoms with Crippen LogP contribution in [0.1, 0.15) is 44.7 Å². The molecule has 2 amide bonds. The quantitative estimate of drug-likeness (QED) is 0.840. The Bertz CT molecular complexity index is 474. The molecule has 118 valence electrons. The van der Waals surface area contributed by atoms with Gasteiger partial charge in [0.05, 0.1) is 19.3 Å². The van der Waals surface area contributed by atoms with E-state index in [2.05, 4.69) is 24.3 Å². The van der Waals surface area contributed by atoms with E-state index in [1.54, 1.807) is 18.1 Å². The molecule has 0 atom stereocenters. The number of hydrogen-bond donors (Lipinski definition) is 2. The van der Waals surface area contributed by atoms with E-state index in [1.807, 2.05) is 10.9 Å². The van der Waals surface area contributed by atoms with E-state index in [4.69, 9.17) is 0 Å². The number of nitrogens with zero attached hydrogens (tertiary/aromatic N) is 3. The molecule has 1 fully saturated rings. The summed E-state index contributed by atoms with van der Waals surface area (Å²) in [5.74, 6) is 0. The molecule has 0 aromatic carbocycles. The van der Waals surface area contributed by atoms with Crippen molar-refractivity contribution in [2.75, 3.05) is 20.2 Å². The van der Waals surface area contributed by atoms with Gasteiger partial charge in [-0.15, -0.1) is 0 Å². The predicted molar refractivity (Wildman–Crippen MR) is 80.8 cm³/mol. The molecule has 0 bridgehead atoms. The molecule has 2 rings (SSSR count). The third-order valence-electron chi connectivity index (χ3n) is 4.31. The van der Waals surface area contributed by atoms with Gasteiger partial charge in [-0.1, -0.05) is 6.42 Å². The molecule has 0 unspecified atom stereocenters. The van der Waals surface area contributed by atoms with Crippen molar-refractivity contribution in [2.45, 2.75) is 45.7 Å². The zero-order valence-electron chi connectivity index (χ0n) is 13.2. The van der Waals surface area contributed by atoms with Crippen molar-refractivity contribution in [3.8, 4) is 0 Å². The lowest BCUT2D eigenvalue weighted by Gasteiger charge is -2.40. The summed E-state index contributed by atoms with van der Waals surface area (Å²) in [7, 11) is 1.77. The molecule has 1 saturated carbocycles. The van der Waals surface area contributed by atoms with E-state index in [1.165, 1.54) is 0 Å². The van der Waals surface area contributed by atoms with Gasteiger partial charge in [0, 0.05) is 36.8 Å². The number of nitrogens with one attached hydrogen (secondary N) is 1. The normalized spacial score (nSPS) is 16.6. The highest BCUT2D eigenvalue weighted by molar-refractivity contribution is 5.73. The number of carbonyl (C=O) groups is 1. The Balaban J connectivity index is 1.81. The highest BCUT2D eigenvalue weighted by Crippen LogP contribution is 2.39. The summed E-state index contributed by atoms with van der Waals surface area (Å²) >= 11 is 0. The molecule has 0 radical (unpaired) electrons. The Morgan fingerprint density at radius 3 is 2.76 bits per heavy atom. The summed E-state index contributed by atoms with van der Waals surface area (Å²) in [5, 5.41) is 16.6. The van der Waals surface area contributed by atoms with Gasteiger partial charge in [-0.25, -0.2) is 4.79 Å². The van der Waals surface area contributed by atoms with Gasteiger partial charge in [0.2, 0.25) is 0 Å². The maximum atomic E-state index is 12.1. The summed E-state index contributed by atoms with van der Waals surface area (Å²) in [6.07, 6.45) is 6.89. The van der Waals surface area contributed by atoms with Crippen LogP contribution in [-0.2, 0) is 6.54 Å². The first-order chi connectivity index (χ1) is 9.96. The third kappa shape index (κ3) is 3.75. The van der Waals surface area contributed by atoms with Gasteiger partial charge >= 0.3 is 6.03 Å². The van der Waals surface area contributed by atoms with Crippen LogP contribution in [0.15, 0.2) is 12.4 Å². The summed E-state index contributed by atoms with van der Waals surface area (Å²) < 4.78 is 1.89. The van der Waals surface area contributed by atoms with Gasteiger partial charge in [-0.3, -0.25) is 4.68 Å². The number of urea groups is 1. The zero-order valence-corrected chi connectivity index (χ0v) is 13.2. The summed E-state index contributed by atoms with van der Waals surface area (Å²) in [5.41, 5.74) is 0.931. The minimum absolute atomic E-state index is 0.0843. The maximum Gasteiger partial charge on any atom is 0.317 e. The molecular formula is C15H26N4O2. The number of carbonyl (C=O) groups excluding carboxylic acids is 1. The molecule has 1 heterocycles. The average Bonchev–Trinajstić information content (AvgIpc) is 2.86. The molecule has 0 saturated heterocycles. The number of aromatic nitrogens is 2. The average molecular weight is 294 g/mol. The fraction of sp³-hybridized carbons (Fsp3) is 0.733. The van der Waals surface area contributed by atoms with Crippen LogP contribution in [0.2, 0.25) is 0 Å². The van der Waals surface area contributed by atoms with E-state index in [-0.39, 0.29) is 18.1 Å². The second-order valence-corrected chi connectivity index (χ2v) is 6.45. The number of amides is 2. The molecular weight excluding hydrogens is 268 g/mol. The lowest BCUT2D eigenvalue weighted by molar-refractivity contribution is 0.0459. The molecule has 1 aromatic rings. The van der Waals surface area contributed by atoms with Crippen LogP contribution < -0.4 is 5.32 Å². The summed E-state index contributed by atoms with van der Waals surface area (Å²) in [6, 6.07) is 0.216. The van der Waals surface area contributed by atoms with Crippen LogP contribution in [0.3, 0.4) is 0 Å². The molecule has 1 aromatic heterocycles. The third-order valence-corrected chi connectivity index (χ3v) is 4.31. The minimum atomic E-state index is -0.105. The van der Waals surface area contributed by atoms with Crippen molar-refractivity contribution in [1.82, 2.24) is 20.0 Å². The monoisotopic (exact) mass is 294 g/mol. The topological polar surface area (TPSA) is 70.4 Å². The second-order valence-electron chi connectivity index (χ2n) is 6.45. The number of rotatable bonds is 6. The molecule has 2 N–H and O–H groups in total. The highest BCUT2D eigenvalue weighted by Gasteiger charge is 2.36. The lowest BCUT2D eigenvalue weighted by atomic mass is 9.69.